The molecular weight excluding hydrogens is 415 g/mol. The van der Waals surface area contributed by atoms with Gasteiger partial charge < -0.3 is 24.4 Å². The van der Waals surface area contributed by atoms with Crippen molar-refractivity contribution in [1.82, 2.24) is 0 Å². The lowest BCUT2D eigenvalue weighted by Gasteiger charge is -2.41. The van der Waals surface area contributed by atoms with Crippen molar-refractivity contribution in [3.63, 3.8) is 0 Å². The Hall–Kier alpha value is -0.740. The summed E-state index contributed by atoms with van der Waals surface area (Å²) in [5.74, 6) is -1.50. The Balaban J connectivity index is 1.98. The van der Waals surface area contributed by atoms with E-state index in [0.717, 1.165) is 5.56 Å². The Morgan fingerprint density at radius 1 is 1.35 bits per heavy atom. The lowest BCUT2D eigenvalue weighted by atomic mass is 9.88. The molecule has 1 aromatic rings. The third-order valence-corrected chi connectivity index (χ3v) is 5.17. The number of ether oxygens (including phenoxy) is 3. The number of carbonyl (C=O) groups is 1. The van der Waals surface area contributed by atoms with Gasteiger partial charge in [-0.15, -0.1) is 0 Å². The first kappa shape index (κ1) is 18.6. The molecule has 2 rings (SSSR count). The van der Waals surface area contributed by atoms with E-state index < -0.39 is 30.4 Å². The normalized spacial score (nSPS) is 31.0. The molecule has 0 amide bonds. The SMILES string of the molecule is CO[C@@H]1O[C@@H](COCc2ccccc2)[C@H](CC(=O)O)[C@H](O)[C@@H]1I. The molecule has 6 nitrogen and oxygen atoms in total. The molecule has 5 atom stereocenters. The van der Waals surface area contributed by atoms with E-state index in [1.165, 1.54) is 7.11 Å². The van der Waals surface area contributed by atoms with Crippen LogP contribution in [0.4, 0.5) is 0 Å². The van der Waals surface area contributed by atoms with Crippen molar-refractivity contribution in [2.24, 2.45) is 5.92 Å². The van der Waals surface area contributed by atoms with Crippen LogP contribution in [-0.2, 0) is 25.6 Å². The van der Waals surface area contributed by atoms with Crippen LogP contribution < -0.4 is 0 Å². The van der Waals surface area contributed by atoms with Crippen LogP contribution in [0.15, 0.2) is 30.3 Å². The summed E-state index contributed by atoms with van der Waals surface area (Å²) in [4.78, 5) is 11.1. The lowest BCUT2D eigenvalue weighted by molar-refractivity contribution is -0.231. The summed E-state index contributed by atoms with van der Waals surface area (Å²) in [6.45, 7) is 0.606. The molecule has 1 fully saturated rings. The largest absolute Gasteiger partial charge is 0.481 e. The van der Waals surface area contributed by atoms with Gasteiger partial charge in [-0.3, -0.25) is 4.79 Å². The quantitative estimate of drug-likeness (QED) is 0.501. The average Bonchev–Trinajstić information content (AvgIpc) is 2.54. The topological polar surface area (TPSA) is 85.2 Å². The maximum atomic E-state index is 11.1. The van der Waals surface area contributed by atoms with Crippen molar-refractivity contribution >= 4 is 28.6 Å². The molecule has 0 saturated carbocycles. The number of aliphatic carboxylic acids is 1. The molecule has 0 bridgehead atoms. The van der Waals surface area contributed by atoms with Crippen molar-refractivity contribution in [1.29, 1.82) is 0 Å². The molecule has 0 radical (unpaired) electrons. The number of carboxylic acids is 1. The number of hydrogen-bond acceptors (Lipinski definition) is 5. The molecule has 0 unspecified atom stereocenters. The molecule has 1 aliphatic heterocycles. The fourth-order valence-corrected chi connectivity index (χ4v) is 3.63. The fourth-order valence-electron chi connectivity index (χ4n) is 2.63. The Kier molecular flexibility index (Phi) is 7.22. The van der Waals surface area contributed by atoms with E-state index in [9.17, 15) is 9.90 Å². The van der Waals surface area contributed by atoms with Crippen LogP contribution in [-0.4, -0.2) is 52.3 Å². The molecule has 23 heavy (non-hydrogen) atoms. The van der Waals surface area contributed by atoms with Gasteiger partial charge in [-0.25, -0.2) is 0 Å². The Bertz CT molecular complexity index is 497. The highest BCUT2D eigenvalue weighted by molar-refractivity contribution is 14.1. The molecular formula is C16H21IO6. The highest BCUT2D eigenvalue weighted by Crippen LogP contribution is 2.33. The van der Waals surface area contributed by atoms with Crippen LogP contribution in [0, 0.1) is 5.92 Å². The Morgan fingerprint density at radius 2 is 2.04 bits per heavy atom. The molecule has 0 aliphatic carbocycles. The number of carboxylic acid groups (broad SMARTS) is 1. The molecule has 1 saturated heterocycles. The molecule has 0 aromatic heterocycles. The van der Waals surface area contributed by atoms with E-state index in [1.54, 1.807) is 0 Å². The van der Waals surface area contributed by atoms with Crippen molar-refractivity contribution in [3.05, 3.63) is 35.9 Å². The standard InChI is InChI=1S/C16H21IO6/c1-21-16-14(17)15(20)11(7-13(18)19)12(23-16)9-22-8-10-5-3-2-4-6-10/h2-6,11-12,14-16,20H,7-9H2,1H3,(H,18,19)/t11-,12-,14-,15-,16+/m0/s1. The third kappa shape index (κ3) is 5.12. The van der Waals surface area contributed by atoms with Crippen LogP contribution in [0.1, 0.15) is 12.0 Å². The smallest absolute Gasteiger partial charge is 0.303 e. The fraction of sp³-hybridized carbons (Fsp3) is 0.562. The minimum Gasteiger partial charge on any atom is -0.481 e. The monoisotopic (exact) mass is 436 g/mol. The maximum absolute atomic E-state index is 11.1. The van der Waals surface area contributed by atoms with Gasteiger partial charge in [0.15, 0.2) is 6.29 Å². The van der Waals surface area contributed by atoms with Crippen LogP contribution in [0.5, 0.6) is 0 Å². The third-order valence-electron chi connectivity index (χ3n) is 3.85. The number of methoxy groups -OCH3 is 1. The van der Waals surface area contributed by atoms with Gasteiger partial charge in [-0.2, -0.15) is 0 Å². The number of aliphatic hydroxyl groups excluding tert-OH is 1. The van der Waals surface area contributed by atoms with Gasteiger partial charge in [0.1, 0.15) is 0 Å². The second-order valence-corrected chi connectivity index (χ2v) is 6.91. The van der Waals surface area contributed by atoms with E-state index in [4.69, 9.17) is 19.3 Å². The zero-order valence-corrected chi connectivity index (χ0v) is 15.0. The van der Waals surface area contributed by atoms with E-state index in [2.05, 4.69) is 0 Å². The van der Waals surface area contributed by atoms with Crippen molar-refractivity contribution in [2.45, 2.75) is 35.5 Å². The van der Waals surface area contributed by atoms with Gasteiger partial charge in [0.2, 0.25) is 0 Å². The number of benzene rings is 1. The molecule has 0 spiro atoms. The van der Waals surface area contributed by atoms with Gasteiger partial charge in [-0.05, 0) is 5.56 Å². The Labute approximate surface area is 148 Å². The van der Waals surface area contributed by atoms with Crippen LogP contribution in [0.2, 0.25) is 0 Å². The first-order chi connectivity index (χ1) is 11.0. The predicted molar refractivity (Wildman–Crippen MR) is 91.3 cm³/mol. The number of alkyl halides is 1. The molecule has 1 aliphatic rings. The van der Waals surface area contributed by atoms with Crippen LogP contribution in [0.25, 0.3) is 0 Å². The predicted octanol–water partition coefficient (Wildman–Crippen LogP) is 1.83. The van der Waals surface area contributed by atoms with E-state index in [-0.39, 0.29) is 17.0 Å². The minimum atomic E-state index is -0.967. The molecule has 1 aromatic carbocycles. The van der Waals surface area contributed by atoms with Crippen LogP contribution in [0.3, 0.4) is 0 Å². The molecule has 2 N–H and O–H groups in total. The number of hydrogen-bond donors (Lipinski definition) is 2. The van der Waals surface area contributed by atoms with Gasteiger partial charge in [-0.1, -0.05) is 52.9 Å². The van der Waals surface area contributed by atoms with Crippen molar-refractivity contribution in [3.8, 4) is 0 Å². The van der Waals surface area contributed by atoms with E-state index in [1.807, 2.05) is 52.9 Å². The summed E-state index contributed by atoms with van der Waals surface area (Å²) in [5, 5.41) is 19.5. The summed E-state index contributed by atoms with van der Waals surface area (Å²) in [7, 11) is 1.50. The summed E-state index contributed by atoms with van der Waals surface area (Å²) in [5.41, 5.74) is 1.02. The summed E-state index contributed by atoms with van der Waals surface area (Å²) >= 11 is 2.03. The van der Waals surface area contributed by atoms with Gasteiger partial charge in [0.25, 0.3) is 0 Å². The first-order valence-electron chi connectivity index (χ1n) is 7.36. The van der Waals surface area contributed by atoms with E-state index >= 15 is 0 Å². The highest BCUT2D eigenvalue weighted by Gasteiger charge is 2.45. The number of aliphatic hydroxyl groups is 1. The zero-order chi connectivity index (χ0) is 16.8. The van der Waals surface area contributed by atoms with Gasteiger partial charge >= 0.3 is 5.97 Å². The van der Waals surface area contributed by atoms with Gasteiger partial charge in [0.05, 0.1) is 35.8 Å². The summed E-state index contributed by atoms with van der Waals surface area (Å²) in [6, 6.07) is 9.67. The van der Waals surface area contributed by atoms with Gasteiger partial charge in [0, 0.05) is 13.0 Å². The average molecular weight is 436 g/mol. The van der Waals surface area contributed by atoms with E-state index in [0.29, 0.717) is 6.61 Å². The second kappa shape index (κ2) is 8.93. The van der Waals surface area contributed by atoms with Crippen molar-refractivity contribution < 1.29 is 29.2 Å². The number of rotatable bonds is 7. The highest BCUT2D eigenvalue weighted by atomic mass is 127. The first-order valence-corrected chi connectivity index (χ1v) is 8.61. The minimum absolute atomic E-state index is 0.170. The number of halogens is 1. The molecule has 1 heterocycles. The van der Waals surface area contributed by atoms with Crippen LogP contribution >= 0.6 is 22.6 Å². The maximum Gasteiger partial charge on any atom is 0.303 e. The molecule has 128 valence electrons. The summed E-state index contributed by atoms with van der Waals surface area (Å²) < 4.78 is 16.4. The summed E-state index contributed by atoms with van der Waals surface area (Å²) in [6.07, 6.45) is -2.10. The second-order valence-electron chi connectivity index (χ2n) is 5.48. The zero-order valence-electron chi connectivity index (χ0n) is 12.8. The lowest BCUT2D eigenvalue weighted by Crippen LogP contribution is -2.54. The molecule has 7 heteroatoms. The Morgan fingerprint density at radius 3 is 2.65 bits per heavy atom. The van der Waals surface area contributed by atoms with Crippen molar-refractivity contribution in [2.75, 3.05) is 13.7 Å².